The Morgan fingerprint density at radius 1 is 0.700 bits per heavy atom. The van der Waals surface area contributed by atoms with Gasteiger partial charge in [-0.15, -0.1) is 0 Å². The molecule has 0 saturated heterocycles. The highest BCUT2D eigenvalue weighted by molar-refractivity contribution is 5.58. The maximum atomic E-state index is 11.3. The second-order valence-electron chi connectivity index (χ2n) is 12.5. The zero-order chi connectivity index (χ0) is 21.7. The number of anilines is 2. The number of benzene rings is 1. The van der Waals surface area contributed by atoms with E-state index in [9.17, 15) is 10.2 Å². The minimum atomic E-state index is -0.693. The van der Waals surface area contributed by atoms with Crippen LogP contribution in [0.5, 0.6) is 0 Å². The van der Waals surface area contributed by atoms with E-state index in [2.05, 4.69) is 62.6 Å². The van der Waals surface area contributed by atoms with Crippen LogP contribution in [-0.2, 0) is 0 Å². The maximum absolute atomic E-state index is 11.3. The minimum absolute atomic E-state index is 0.0794. The number of rotatable bonds is 4. The lowest BCUT2D eigenvalue weighted by molar-refractivity contribution is -0.199. The van der Waals surface area contributed by atoms with E-state index in [0.717, 1.165) is 37.1 Å². The normalized spacial score (nSPS) is 47.6. The second kappa shape index (κ2) is 6.16. The van der Waals surface area contributed by atoms with Crippen LogP contribution in [0.4, 0.5) is 11.4 Å². The summed E-state index contributed by atoms with van der Waals surface area (Å²) >= 11 is 0. The van der Waals surface area contributed by atoms with E-state index in [1.165, 1.54) is 0 Å². The number of hydrogen-bond donors (Lipinski definition) is 4. The maximum Gasteiger partial charge on any atom is 0.0853 e. The third-order valence-corrected chi connectivity index (χ3v) is 10.3. The average molecular weight is 413 g/mol. The predicted octanol–water partition coefficient (Wildman–Crippen LogP) is 4.88. The minimum Gasteiger partial charge on any atom is -0.388 e. The molecule has 0 radical (unpaired) electrons. The molecule has 0 aromatic heterocycles. The van der Waals surface area contributed by atoms with Crippen molar-refractivity contribution in [3.63, 3.8) is 0 Å². The Kier molecular flexibility index (Phi) is 4.24. The average Bonchev–Trinajstić information content (AvgIpc) is 2.63. The molecule has 30 heavy (non-hydrogen) atoms. The monoisotopic (exact) mass is 412 g/mol. The van der Waals surface area contributed by atoms with Gasteiger partial charge < -0.3 is 20.8 Å². The van der Waals surface area contributed by atoms with Gasteiger partial charge in [0.15, 0.2) is 0 Å². The second-order valence-corrected chi connectivity index (χ2v) is 12.5. The van der Waals surface area contributed by atoms with Gasteiger partial charge in [-0.05, 0) is 92.2 Å². The summed E-state index contributed by atoms with van der Waals surface area (Å²) in [6.45, 7) is 13.3. The Labute approximate surface area is 181 Å². The molecule has 1 aromatic rings. The van der Waals surface area contributed by atoms with E-state index >= 15 is 0 Å². The molecule has 1 aromatic carbocycles. The van der Waals surface area contributed by atoms with Crippen LogP contribution in [-0.4, -0.2) is 33.5 Å². The van der Waals surface area contributed by atoms with Crippen molar-refractivity contribution >= 4 is 11.4 Å². The van der Waals surface area contributed by atoms with Crippen LogP contribution in [0, 0.1) is 34.5 Å². The molecule has 4 N–H and O–H groups in total. The van der Waals surface area contributed by atoms with Gasteiger partial charge in [-0.2, -0.15) is 0 Å². The highest BCUT2D eigenvalue weighted by Crippen LogP contribution is 2.64. The molecule has 6 saturated carbocycles. The zero-order valence-corrected chi connectivity index (χ0v) is 19.5. The number of fused-ring (bicyclic) bond motifs is 4. The van der Waals surface area contributed by atoms with Gasteiger partial charge in [0.1, 0.15) is 0 Å². The summed E-state index contributed by atoms with van der Waals surface area (Å²) in [4.78, 5) is 0. The van der Waals surface area contributed by atoms with Gasteiger partial charge in [0, 0.05) is 11.4 Å². The van der Waals surface area contributed by atoms with Crippen LogP contribution in [0.25, 0.3) is 0 Å². The van der Waals surface area contributed by atoms with Crippen LogP contribution in [0.15, 0.2) is 24.3 Å². The fraction of sp³-hybridized carbons (Fsp3) is 0.769. The summed E-state index contributed by atoms with van der Waals surface area (Å²) in [5.74, 6) is 2.09. The lowest BCUT2D eigenvalue weighted by Gasteiger charge is -2.65. The molecule has 0 heterocycles. The largest absolute Gasteiger partial charge is 0.388 e. The first kappa shape index (κ1) is 20.6. The van der Waals surface area contributed by atoms with Crippen molar-refractivity contribution in [2.75, 3.05) is 10.6 Å². The Bertz CT molecular complexity index is 778. The van der Waals surface area contributed by atoms with Crippen LogP contribution in [0.1, 0.15) is 67.2 Å². The summed E-state index contributed by atoms with van der Waals surface area (Å²) in [5.41, 5.74) is 1.19. The summed E-state index contributed by atoms with van der Waals surface area (Å²) in [7, 11) is 0. The van der Waals surface area contributed by atoms with Gasteiger partial charge in [-0.1, -0.05) is 33.8 Å². The molecule has 6 fully saturated rings. The first-order chi connectivity index (χ1) is 13.8. The third kappa shape index (κ3) is 2.72. The van der Waals surface area contributed by atoms with Crippen LogP contribution in [0.2, 0.25) is 0 Å². The Morgan fingerprint density at radius 3 is 1.43 bits per heavy atom. The van der Waals surface area contributed by atoms with Crippen molar-refractivity contribution in [2.45, 2.75) is 90.5 Å². The fourth-order valence-corrected chi connectivity index (χ4v) is 7.86. The quantitative estimate of drug-likeness (QED) is 0.569. The number of nitrogens with one attached hydrogen (secondary N) is 2. The Balaban J connectivity index is 1.29. The lowest BCUT2D eigenvalue weighted by Crippen LogP contribution is -2.68. The Morgan fingerprint density at radius 2 is 1.10 bits per heavy atom. The molecule has 4 bridgehead atoms. The van der Waals surface area contributed by atoms with Crippen LogP contribution < -0.4 is 10.6 Å². The van der Waals surface area contributed by atoms with Crippen molar-refractivity contribution in [1.82, 2.24) is 0 Å². The van der Waals surface area contributed by atoms with Crippen molar-refractivity contribution in [3.05, 3.63) is 24.3 Å². The summed E-state index contributed by atoms with van der Waals surface area (Å²) in [6.07, 6.45) is 4.33. The summed E-state index contributed by atoms with van der Waals surface area (Å²) in [6, 6.07) is 8.54. The number of hydrogen-bond acceptors (Lipinski definition) is 4. The fourth-order valence-electron chi connectivity index (χ4n) is 7.86. The highest BCUT2D eigenvalue weighted by atomic mass is 16.3. The molecule has 7 rings (SSSR count). The Hall–Kier alpha value is -1.26. The molecule has 0 aliphatic heterocycles. The third-order valence-electron chi connectivity index (χ3n) is 10.3. The summed E-state index contributed by atoms with van der Waals surface area (Å²) < 4.78 is 0. The predicted molar refractivity (Wildman–Crippen MR) is 123 cm³/mol. The van der Waals surface area contributed by atoms with Crippen molar-refractivity contribution in [2.24, 2.45) is 34.5 Å². The van der Waals surface area contributed by atoms with Gasteiger partial charge in [-0.25, -0.2) is 0 Å². The zero-order valence-electron chi connectivity index (χ0n) is 19.5. The van der Waals surface area contributed by atoms with Crippen LogP contribution >= 0.6 is 0 Å². The molecule has 166 valence electrons. The van der Waals surface area contributed by atoms with E-state index in [4.69, 9.17) is 0 Å². The molecule has 2 unspecified atom stereocenters. The van der Waals surface area contributed by atoms with Crippen molar-refractivity contribution in [1.29, 1.82) is 0 Å². The van der Waals surface area contributed by atoms with E-state index in [1.54, 1.807) is 0 Å². The topological polar surface area (TPSA) is 64.5 Å². The smallest absolute Gasteiger partial charge is 0.0853 e. The molecule has 0 spiro atoms. The molecule has 4 heteroatoms. The molecule has 6 aliphatic carbocycles. The first-order valence-corrected chi connectivity index (χ1v) is 11.9. The van der Waals surface area contributed by atoms with Gasteiger partial charge >= 0.3 is 0 Å². The van der Waals surface area contributed by atoms with Crippen molar-refractivity contribution < 1.29 is 10.2 Å². The summed E-state index contributed by atoms with van der Waals surface area (Å²) in [5, 5.41) is 29.9. The molecular formula is C26H40N2O2. The number of aliphatic hydroxyl groups is 2. The molecule has 0 amide bonds. The van der Waals surface area contributed by atoms with Gasteiger partial charge in [0.25, 0.3) is 0 Å². The SMILES string of the molecule is CC1(C)[C@@H]2CC(Nc3cccc(NC4C[C@@H]5C[C@@H](C5(C)C)[C@]4(C)O)c3)[C@@](C)(O)[C@H]1C2. The molecule has 4 nitrogen and oxygen atoms in total. The van der Waals surface area contributed by atoms with Crippen LogP contribution in [0.3, 0.4) is 0 Å². The van der Waals surface area contributed by atoms with Gasteiger partial charge in [-0.3, -0.25) is 0 Å². The molecular weight excluding hydrogens is 372 g/mol. The van der Waals surface area contributed by atoms with E-state index < -0.39 is 11.2 Å². The van der Waals surface area contributed by atoms with E-state index in [0.29, 0.717) is 23.7 Å². The van der Waals surface area contributed by atoms with E-state index in [-0.39, 0.29) is 22.9 Å². The molecule has 6 aliphatic rings. The first-order valence-electron chi connectivity index (χ1n) is 11.9. The highest BCUT2D eigenvalue weighted by Gasteiger charge is 2.63. The molecule has 8 atom stereocenters. The van der Waals surface area contributed by atoms with E-state index in [1.807, 2.05) is 13.8 Å². The van der Waals surface area contributed by atoms with Gasteiger partial charge in [0.05, 0.1) is 23.3 Å². The standard InChI is InChI=1S/C26H40N2O2/c1-23(2)15-10-19(23)25(5,29)21(12-15)27-17-8-7-9-18(14-17)28-22-13-16-11-20(24(16,3)4)26(22,6)30/h7-9,14-16,19-22,27-30H,10-13H2,1-6H3/t15-,16-,19-,20-,21?,22?,25-,26-/m0/s1. The van der Waals surface area contributed by atoms with Gasteiger partial charge in [0.2, 0.25) is 0 Å². The lowest BCUT2D eigenvalue weighted by atomic mass is 9.43. The van der Waals surface area contributed by atoms with Crippen molar-refractivity contribution in [3.8, 4) is 0 Å².